The van der Waals surface area contributed by atoms with Gasteiger partial charge in [0.05, 0.1) is 25.6 Å². The minimum atomic E-state index is -5.47. The molecule has 2 aliphatic rings. The quantitative estimate of drug-likeness (QED) is 0.0654. The molecule has 28 nitrogen and oxygen atoms in total. The van der Waals surface area contributed by atoms with E-state index in [1.807, 2.05) is 0 Å². The van der Waals surface area contributed by atoms with Gasteiger partial charge in [-0.2, -0.15) is 18.2 Å². The van der Waals surface area contributed by atoms with Gasteiger partial charge in [-0.25, -0.2) is 9.59 Å². The first-order chi connectivity index (χ1) is 31.5. The number of esters is 6. The fraction of sp³-hybridized carbons (Fsp3) is 0.611. The van der Waals surface area contributed by atoms with Crippen LogP contribution < -0.4 is 21.6 Å². The van der Waals surface area contributed by atoms with Crippen molar-refractivity contribution in [3.05, 3.63) is 22.7 Å². The molecule has 4 N–H and O–H groups in total. The molecular weight excluding hydrogens is 958 g/mol. The standard InChI is InChI=1S/C36H45F3N5O23P/c1-14(45)41-24-8-9-44(34(56)42-24)31-30(64-20(7)51)28(63-19(6)50)23(65-31)13-59-68(57)67-35(33(54)55)10-21(60-16(3)47)26(43-25(52)11-40-32(53)36(37,38)39)29(66-35)27(62-18(5)49)22(61-17(4)48)12-58-15(2)46/h8-9,21-23,26-31,68H,10-13H2,1-7H3,(H,40,53)(H,43,52)(H,54,55)(H,41,42,45,56)/t21?,22-,23-,26-,27-,28?,29?,30?,31-,35-/m1/s1. The highest BCUT2D eigenvalue weighted by atomic mass is 31.1. The van der Waals surface area contributed by atoms with Crippen LogP contribution in [0, 0.1) is 0 Å². The zero-order valence-corrected chi connectivity index (χ0v) is 37.6. The van der Waals surface area contributed by atoms with Gasteiger partial charge in [0.15, 0.2) is 30.6 Å². The number of anilines is 1. The highest BCUT2D eigenvalue weighted by Crippen LogP contribution is 2.43. The largest absolute Gasteiger partial charge is 0.477 e. The highest BCUT2D eigenvalue weighted by Gasteiger charge is 2.60. The van der Waals surface area contributed by atoms with E-state index in [-0.39, 0.29) is 5.82 Å². The zero-order valence-electron chi connectivity index (χ0n) is 36.6. The molecule has 3 heterocycles. The summed E-state index contributed by atoms with van der Waals surface area (Å²) in [4.78, 5) is 140. The van der Waals surface area contributed by atoms with Crippen molar-refractivity contribution < 1.29 is 118 Å². The van der Waals surface area contributed by atoms with Crippen LogP contribution in [0.2, 0.25) is 0 Å². The van der Waals surface area contributed by atoms with Crippen LogP contribution in [-0.4, -0.2) is 155 Å². The first kappa shape index (κ1) is 55.8. The Labute approximate surface area is 380 Å². The predicted octanol–water partition coefficient (Wildman–Crippen LogP) is -1.52. The van der Waals surface area contributed by atoms with Crippen molar-refractivity contribution in [3.63, 3.8) is 0 Å². The van der Waals surface area contributed by atoms with Crippen molar-refractivity contribution in [1.82, 2.24) is 20.2 Å². The number of carbonyl (C=O) groups is 10. The first-order valence-corrected chi connectivity index (χ1v) is 20.7. The van der Waals surface area contributed by atoms with E-state index in [1.54, 1.807) is 0 Å². The second kappa shape index (κ2) is 23.9. The molecule has 0 spiro atoms. The molecule has 32 heteroatoms. The number of nitrogens with zero attached hydrogens (tertiary/aromatic N) is 2. The summed E-state index contributed by atoms with van der Waals surface area (Å²) in [5.74, 6) is -17.2. The van der Waals surface area contributed by atoms with E-state index >= 15 is 0 Å². The summed E-state index contributed by atoms with van der Waals surface area (Å²) in [6, 6.07) is -0.927. The van der Waals surface area contributed by atoms with Gasteiger partial charge >= 0.3 is 67.8 Å². The van der Waals surface area contributed by atoms with Gasteiger partial charge < -0.3 is 63.5 Å². The lowest BCUT2D eigenvalue weighted by atomic mass is 9.88. The third-order valence-corrected chi connectivity index (χ3v) is 9.76. The van der Waals surface area contributed by atoms with Gasteiger partial charge in [-0.1, -0.05) is 0 Å². The molecule has 68 heavy (non-hydrogen) atoms. The maximum atomic E-state index is 13.8. The number of carboxylic acids is 1. The van der Waals surface area contributed by atoms with Crippen LogP contribution >= 0.6 is 8.25 Å². The fourth-order valence-corrected chi connectivity index (χ4v) is 7.35. The SMILES string of the molecule is CC(=O)Nc1ccn([C@@H]2O[C@H](CO[PH](=O)O[C@@]3(C(=O)O)CC(OC(C)=O)[C@@H](NC(=O)CNC(=O)C(F)(F)F)C([C@H](OC(C)=O)[C@@H](COC(C)=O)OC(C)=O)O3)C(OC(C)=O)C2OC(C)=O)c(=O)n1. The van der Waals surface area contributed by atoms with Crippen LogP contribution in [-0.2, 0) is 99.5 Å². The van der Waals surface area contributed by atoms with E-state index in [0.29, 0.717) is 0 Å². The monoisotopic (exact) mass is 1000 g/mol. The van der Waals surface area contributed by atoms with Gasteiger partial charge in [-0.3, -0.25) is 56.8 Å². The third-order valence-electron chi connectivity index (χ3n) is 8.86. The molecule has 5 unspecified atom stereocenters. The van der Waals surface area contributed by atoms with E-state index in [2.05, 4.69) is 15.6 Å². The maximum absolute atomic E-state index is 13.8. The van der Waals surface area contributed by atoms with Crippen LogP contribution in [0.4, 0.5) is 19.0 Å². The molecule has 2 aliphatic heterocycles. The Bertz CT molecular complexity index is 2210. The molecule has 0 aliphatic carbocycles. The number of alkyl halides is 3. The molecule has 0 radical (unpaired) electrons. The third kappa shape index (κ3) is 16.1. The van der Waals surface area contributed by atoms with Gasteiger partial charge in [-0.05, 0) is 6.07 Å². The number of hydrogen-bond donors (Lipinski definition) is 4. The van der Waals surface area contributed by atoms with Crippen molar-refractivity contribution in [2.45, 2.75) is 122 Å². The lowest BCUT2D eigenvalue weighted by Crippen LogP contribution is -2.69. The van der Waals surface area contributed by atoms with E-state index in [0.717, 1.165) is 65.3 Å². The summed E-state index contributed by atoms with van der Waals surface area (Å²) in [7, 11) is -4.38. The average molecular weight is 1000 g/mol. The van der Waals surface area contributed by atoms with Crippen molar-refractivity contribution in [3.8, 4) is 0 Å². The molecule has 1 aromatic rings. The molecular formula is C36H45F3N5O23P. The Kier molecular flexibility index (Phi) is 19.6. The van der Waals surface area contributed by atoms with E-state index in [1.165, 1.54) is 5.32 Å². The Hall–Kier alpha value is -6.56. The molecule has 3 rings (SSSR count). The number of aliphatic carboxylic acids is 1. The van der Waals surface area contributed by atoms with Crippen LogP contribution in [0.1, 0.15) is 61.1 Å². The number of ether oxygens (including phenoxy) is 8. The smallest absolute Gasteiger partial charge is 0.471 e. The van der Waals surface area contributed by atoms with Crippen molar-refractivity contribution >= 4 is 73.6 Å². The normalized spacial score (nSPS) is 24.6. The minimum Gasteiger partial charge on any atom is -0.477 e. The van der Waals surface area contributed by atoms with Crippen LogP contribution in [0.3, 0.4) is 0 Å². The number of rotatable bonds is 20. The molecule has 2 saturated heterocycles. The lowest BCUT2D eigenvalue weighted by Gasteiger charge is -2.47. The Morgan fingerprint density at radius 3 is 2.01 bits per heavy atom. The maximum Gasteiger partial charge on any atom is 0.471 e. The van der Waals surface area contributed by atoms with Gasteiger partial charge in [0.25, 0.3) is 5.79 Å². The van der Waals surface area contributed by atoms with E-state index in [4.69, 9.17) is 46.9 Å². The molecule has 0 bridgehead atoms. The summed E-state index contributed by atoms with van der Waals surface area (Å²) >= 11 is 0. The van der Waals surface area contributed by atoms with E-state index in [9.17, 15) is 75.6 Å². The topological polar surface area (TPSA) is 371 Å². The predicted molar refractivity (Wildman–Crippen MR) is 208 cm³/mol. The number of hydrogen-bond acceptors (Lipinski definition) is 23. The number of nitrogens with one attached hydrogen (secondary N) is 3. The summed E-state index contributed by atoms with van der Waals surface area (Å²) in [6.07, 6.45) is -21.1. The van der Waals surface area contributed by atoms with Crippen molar-refractivity contribution in [2.75, 3.05) is 25.1 Å². The van der Waals surface area contributed by atoms with Gasteiger partial charge in [0.1, 0.15) is 30.7 Å². The summed E-state index contributed by atoms with van der Waals surface area (Å²) in [5, 5.41) is 16.3. The zero-order chi connectivity index (χ0) is 51.4. The summed E-state index contributed by atoms with van der Waals surface area (Å²) in [6.45, 7) is 2.80. The number of aromatic nitrogens is 2. The minimum absolute atomic E-state index is 0.197. The molecule has 1 aromatic heterocycles. The molecule has 0 aromatic carbocycles. The Morgan fingerprint density at radius 1 is 0.897 bits per heavy atom. The van der Waals surface area contributed by atoms with Gasteiger partial charge in [0, 0.05) is 54.7 Å². The highest BCUT2D eigenvalue weighted by molar-refractivity contribution is 7.33. The van der Waals surface area contributed by atoms with Crippen molar-refractivity contribution in [2.24, 2.45) is 0 Å². The van der Waals surface area contributed by atoms with Gasteiger partial charge in [0.2, 0.25) is 11.8 Å². The number of halogens is 3. The number of carbonyl (C=O) groups excluding carboxylic acids is 9. The molecule has 11 atom stereocenters. The van der Waals surface area contributed by atoms with Crippen LogP contribution in [0.5, 0.6) is 0 Å². The summed E-state index contributed by atoms with van der Waals surface area (Å²) in [5.41, 5.74) is -1.09. The summed E-state index contributed by atoms with van der Waals surface area (Å²) < 4.78 is 107. The second-order valence-electron chi connectivity index (χ2n) is 14.4. The van der Waals surface area contributed by atoms with Crippen molar-refractivity contribution in [1.29, 1.82) is 0 Å². The van der Waals surface area contributed by atoms with E-state index < -0.39 is 167 Å². The van der Waals surface area contributed by atoms with Crippen LogP contribution in [0.25, 0.3) is 0 Å². The molecule has 2 fully saturated rings. The number of amides is 3. The van der Waals surface area contributed by atoms with Gasteiger partial charge in [-0.15, -0.1) is 0 Å². The lowest BCUT2D eigenvalue weighted by molar-refractivity contribution is -0.289. The molecule has 3 amide bonds. The molecule has 378 valence electrons. The number of carboxylic acid groups (broad SMARTS) is 1. The Morgan fingerprint density at radius 2 is 1.50 bits per heavy atom. The average Bonchev–Trinajstić information content (AvgIpc) is 3.51. The fourth-order valence-electron chi connectivity index (χ4n) is 6.51. The Balaban J connectivity index is 2.12. The first-order valence-electron chi connectivity index (χ1n) is 19.5. The van der Waals surface area contributed by atoms with Crippen LogP contribution in [0.15, 0.2) is 17.1 Å². The second-order valence-corrected chi connectivity index (χ2v) is 15.3. The molecule has 0 saturated carbocycles.